The summed E-state index contributed by atoms with van der Waals surface area (Å²) in [5.41, 5.74) is 5.73. The zero-order valence-electron chi connectivity index (χ0n) is 10.4. The fraction of sp³-hybridized carbons (Fsp3) is 0.923. The van der Waals surface area contributed by atoms with Gasteiger partial charge in [-0.25, -0.2) is 0 Å². The van der Waals surface area contributed by atoms with Crippen LogP contribution in [0.5, 0.6) is 0 Å². The molecule has 2 aliphatic rings. The van der Waals surface area contributed by atoms with E-state index in [1.807, 2.05) is 11.9 Å². The Morgan fingerprint density at radius 2 is 1.69 bits per heavy atom. The van der Waals surface area contributed by atoms with E-state index in [4.69, 9.17) is 5.73 Å². The van der Waals surface area contributed by atoms with Gasteiger partial charge in [0.25, 0.3) is 0 Å². The molecule has 3 heteroatoms. The highest BCUT2D eigenvalue weighted by molar-refractivity contribution is 5.86. The highest BCUT2D eigenvalue weighted by atomic mass is 16.2. The van der Waals surface area contributed by atoms with E-state index in [0.29, 0.717) is 6.04 Å². The third-order valence-corrected chi connectivity index (χ3v) is 4.36. The van der Waals surface area contributed by atoms with E-state index < -0.39 is 5.54 Å². The normalized spacial score (nSPS) is 25.6. The monoisotopic (exact) mass is 224 g/mol. The van der Waals surface area contributed by atoms with Gasteiger partial charge in [-0.15, -0.1) is 0 Å². The van der Waals surface area contributed by atoms with Gasteiger partial charge in [0.1, 0.15) is 0 Å². The van der Waals surface area contributed by atoms with Crippen LogP contribution in [0.2, 0.25) is 0 Å². The van der Waals surface area contributed by atoms with Crippen molar-refractivity contribution in [1.82, 2.24) is 4.90 Å². The fourth-order valence-corrected chi connectivity index (χ4v) is 3.21. The number of nitrogens with two attached hydrogens (primary N) is 1. The second-order valence-corrected chi connectivity index (χ2v) is 5.57. The molecule has 0 saturated heterocycles. The predicted octanol–water partition coefficient (Wildman–Crippen LogP) is 2.05. The van der Waals surface area contributed by atoms with Gasteiger partial charge < -0.3 is 10.6 Å². The molecule has 0 heterocycles. The minimum absolute atomic E-state index is 0.194. The van der Waals surface area contributed by atoms with Crippen molar-refractivity contribution in [2.75, 3.05) is 7.05 Å². The van der Waals surface area contributed by atoms with Crippen LogP contribution in [0, 0.1) is 0 Å². The van der Waals surface area contributed by atoms with Crippen molar-refractivity contribution in [3.8, 4) is 0 Å². The summed E-state index contributed by atoms with van der Waals surface area (Å²) in [6.07, 6.45) is 10.1. The number of nitrogens with zero attached hydrogens (tertiary/aromatic N) is 1. The molecule has 0 atom stereocenters. The smallest absolute Gasteiger partial charge is 0.242 e. The molecule has 2 saturated carbocycles. The maximum absolute atomic E-state index is 12.4. The van der Waals surface area contributed by atoms with Crippen LogP contribution < -0.4 is 5.73 Å². The summed E-state index contributed by atoms with van der Waals surface area (Å²) in [5, 5.41) is 0. The molecule has 3 nitrogen and oxygen atoms in total. The van der Waals surface area contributed by atoms with Gasteiger partial charge in [-0.3, -0.25) is 4.79 Å². The van der Waals surface area contributed by atoms with Crippen molar-refractivity contribution in [2.24, 2.45) is 5.73 Å². The Bertz CT molecular complexity index is 253. The summed E-state index contributed by atoms with van der Waals surface area (Å²) in [6, 6.07) is 0.454. The first-order valence-corrected chi connectivity index (χ1v) is 6.70. The fourth-order valence-electron chi connectivity index (χ4n) is 3.21. The van der Waals surface area contributed by atoms with E-state index in [9.17, 15) is 4.79 Å². The molecule has 2 rings (SSSR count). The maximum Gasteiger partial charge on any atom is 0.242 e. The second-order valence-electron chi connectivity index (χ2n) is 5.57. The van der Waals surface area contributed by atoms with Gasteiger partial charge in [0.15, 0.2) is 0 Å². The average Bonchev–Trinajstić information content (AvgIpc) is 2.81. The van der Waals surface area contributed by atoms with Crippen molar-refractivity contribution in [3.63, 3.8) is 0 Å². The van der Waals surface area contributed by atoms with Crippen LogP contribution in [0.1, 0.15) is 57.8 Å². The van der Waals surface area contributed by atoms with Crippen molar-refractivity contribution in [3.05, 3.63) is 0 Å². The third-order valence-electron chi connectivity index (χ3n) is 4.36. The molecule has 0 aromatic heterocycles. The van der Waals surface area contributed by atoms with Gasteiger partial charge in [-0.1, -0.05) is 32.1 Å². The molecule has 2 fully saturated rings. The Morgan fingerprint density at radius 3 is 2.25 bits per heavy atom. The molecular weight excluding hydrogens is 200 g/mol. The average molecular weight is 224 g/mol. The molecule has 1 amide bonds. The number of rotatable bonds is 2. The zero-order valence-corrected chi connectivity index (χ0v) is 10.4. The van der Waals surface area contributed by atoms with Crippen LogP contribution in [0.25, 0.3) is 0 Å². The Kier molecular flexibility index (Phi) is 3.53. The Hall–Kier alpha value is -0.570. The van der Waals surface area contributed by atoms with Crippen LogP contribution in [0.4, 0.5) is 0 Å². The van der Waals surface area contributed by atoms with E-state index in [1.165, 1.54) is 32.1 Å². The first kappa shape index (κ1) is 11.9. The van der Waals surface area contributed by atoms with E-state index >= 15 is 0 Å². The van der Waals surface area contributed by atoms with E-state index in [0.717, 1.165) is 25.7 Å². The SMILES string of the molecule is CN(C(=O)C1(N)CCCCC1)C1CCCC1. The number of carbonyl (C=O) groups is 1. The molecule has 2 N–H and O–H groups in total. The first-order chi connectivity index (χ1) is 7.63. The van der Waals surface area contributed by atoms with Crippen LogP contribution in [-0.4, -0.2) is 29.4 Å². The van der Waals surface area contributed by atoms with E-state index in [1.54, 1.807) is 0 Å². The number of hydrogen-bond acceptors (Lipinski definition) is 2. The van der Waals surface area contributed by atoms with Gasteiger partial charge in [0, 0.05) is 13.1 Å². The van der Waals surface area contributed by atoms with Crippen LogP contribution in [0.15, 0.2) is 0 Å². The van der Waals surface area contributed by atoms with Crippen molar-refractivity contribution >= 4 is 5.91 Å². The quantitative estimate of drug-likeness (QED) is 0.780. The molecule has 0 aromatic rings. The number of likely N-dealkylation sites (N-methyl/N-ethyl adjacent to an activating group) is 1. The zero-order chi connectivity index (χ0) is 11.6. The Morgan fingerprint density at radius 1 is 1.12 bits per heavy atom. The van der Waals surface area contributed by atoms with Gasteiger partial charge in [-0.2, -0.15) is 0 Å². The largest absolute Gasteiger partial charge is 0.341 e. The summed E-state index contributed by atoms with van der Waals surface area (Å²) in [7, 11) is 1.95. The second kappa shape index (κ2) is 4.74. The van der Waals surface area contributed by atoms with Crippen LogP contribution in [0.3, 0.4) is 0 Å². The van der Waals surface area contributed by atoms with Crippen molar-refractivity contribution in [1.29, 1.82) is 0 Å². The van der Waals surface area contributed by atoms with Gasteiger partial charge >= 0.3 is 0 Å². The molecule has 2 aliphatic carbocycles. The lowest BCUT2D eigenvalue weighted by molar-refractivity contribution is -0.139. The minimum Gasteiger partial charge on any atom is -0.341 e. The van der Waals surface area contributed by atoms with Crippen LogP contribution >= 0.6 is 0 Å². The third kappa shape index (κ3) is 2.24. The van der Waals surface area contributed by atoms with E-state index in [2.05, 4.69) is 0 Å². The summed E-state index contributed by atoms with van der Waals surface area (Å²) >= 11 is 0. The molecule has 0 aromatic carbocycles. The van der Waals surface area contributed by atoms with Crippen molar-refractivity contribution < 1.29 is 4.79 Å². The minimum atomic E-state index is -0.546. The highest BCUT2D eigenvalue weighted by Crippen LogP contribution is 2.30. The standard InChI is InChI=1S/C13H24N2O/c1-15(11-7-3-4-8-11)12(16)13(14)9-5-2-6-10-13/h11H,2-10,14H2,1H3. The lowest BCUT2D eigenvalue weighted by atomic mass is 9.81. The van der Waals surface area contributed by atoms with Crippen molar-refractivity contribution in [2.45, 2.75) is 69.4 Å². The number of carbonyl (C=O) groups excluding carboxylic acids is 1. The van der Waals surface area contributed by atoms with Crippen LogP contribution in [-0.2, 0) is 4.79 Å². The molecule has 16 heavy (non-hydrogen) atoms. The maximum atomic E-state index is 12.4. The highest BCUT2D eigenvalue weighted by Gasteiger charge is 2.39. The summed E-state index contributed by atoms with van der Waals surface area (Å²) in [4.78, 5) is 14.4. The first-order valence-electron chi connectivity index (χ1n) is 6.70. The lowest BCUT2D eigenvalue weighted by Gasteiger charge is -2.37. The van der Waals surface area contributed by atoms with Gasteiger partial charge in [0.2, 0.25) is 5.91 Å². The van der Waals surface area contributed by atoms with Gasteiger partial charge in [-0.05, 0) is 25.7 Å². The van der Waals surface area contributed by atoms with E-state index in [-0.39, 0.29) is 5.91 Å². The molecule has 0 aliphatic heterocycles. The molecule has 0 unspecified atom stereocenters. The molecule has 0 radical (unpaired) electrons. The number of hydrogen-bond donors (Lipinski definition) is 1. The van der Waals surface area contributed by atoms with Gasteiger partial charge in [0.05, 0.1) is 5.54 Å². The summed E-state index contributed by atoms with van der Waals surface area (Å²) < 4.78 is 0. The molecule has 0 bridgehead atoms. The Balaban J connectivity index is 1.99. The molecule has 92 valence electrons. The summed E-state index contributed by atoms with van der Waals surface area (Å²) in [6.45, 7) is 0. The molecule has 0 spiro atoms. The lowest BCUT2D eigenvalue weighted by Crippen LogP contribution is -2.57. The summed E-state index contributed by atoms with van der Waals surface area (Å²) in [5.74, 6) is 0.194. The molecular formula is C13H24N2O. The number of amides is 1. The topological polar surface area (TPSA) is 46.3 Å². The predicted molar refractivity (Wildman–Crippen MR) is 65.0 cm³/mol. The Labute approximate surface area is 98.4 Å².